The summed E-state index contributed by atoms with van der Waals surface area (Å²) in [6, 6.07) is 0.336. The number of hydrogen-bond acceptors (Lipinski definition) is 3. The molecule has 0 aliphatic heterocycles. The van der Waals surface area contributed by atoms with Crippen LogP contribution in [0.4, 0.5) is 0 Å². The minimum Gasteiger partial charge on any atom is -0.390 e. The third-order valence-electron chi connectivity index (χ3n) is 1.88. The van der Waals surface area contributed by atoms with Crippen molar-refractivity contribution in [2.24, 2.45) is 0 Å². The molecule has 0 aromatic rings. The molecular formula is C8H15N3Zr. The van der Waals surface area contributed by atoms with Crippen molar-refractivity contribution in [3.63, 3.8) is 0 Å². The van der Waals surface area contributed by atoms with Crippen molar-refractivity contribution in [1.82, 2.24) is 16.0 Å². The molecule has 0 aromatic carbocycles. The zero-order valence-corrected chi connectivity index (χ0v) is 10.2. The molecule has 1 aliphatic carbocycles. The van der Waals surface area contributed by atoms with Gasteiger partial charge in [-0.1, -0.05) is 0 Å². The Bertz CT molecular complexity index is 198. The predicted octanol–water partition coefficient (Wildman–Crippen LogP) is -0.208. The van der Waals surface area contributed by atoms with Gasteiger partial charge in [-0.2, -0.15) is 0 Å². The van der Waals surface area contributed by atoms with E-state index in [0.29, 0.717) is 6.04 Å². The fourth-order valence-electron chi connectivity index (χ4n) is 1.20. The summed E-state index contributed by atoms with van der Waals surface area (Å²) in [5.74, 6) is 0. The van der Waals surface area contributed by atoms with Crippen molar-refractivity contribution >= 4 is 0 Å². The second-order valence-corrected chi connectivity index (χ2v) is 2.49. The zero-order valence-electron chi connectivity index (χ0n) is 7.73. The summed E-state index contributed by atoms with van der Waals surface area (Å²) < 4.78 is 0. The number of hydrogen-bond donors (Lipinski definition) is 3. The number of rotatable bonds is 3. The van der Waals surface area contributed by atoms with Crippen LogP contribution in [0.1, 0.15) is 0 Å². The van der Waals surface area contributed by atoms with E-state index in [1.165, 1.54) is 5.70 Å². The van der Waals surface area contributed by atoms with Crippen molar-refractivity contribution in [1.29, 1.82) is 0 Å². The Hall–Kier alpha value is -0.0769. The summed E-state index contributed by atoms with van der Waals surface area (Å²) in [5, 5.41) is 9.41. The molecule has 0 amide bonds. The first-order valence-corrected chi connectivity index (χ1v) is 3.78. The van der Waals surface area contributed by atoms with E-state index in [-0.39, 0.29) is 26.2 Å². The Balaban J connectivity index is 0.00000121. The molecule has 66 valence electrons. The van der Waals surface area contributed by atoms with E-state index in [0.717, 1.165) is 5.70 Å². The number of likely N-dealkylation sites (N-methyl/N-ethyl adjacent to an activating group) is 3. The van der Waals surface area contributed by atoms with Crippen molar-refractivity contribution in [2.45, 2.75) is 6.04 Å². The van der Waals surface area contributed by atoms with Gasteiger partial charge in [-0.05, 0) is 19.2 Å². The average Bonchev–Trinajstić information content (AvgIpc) is 2.46. The largest absolute Gasteiger partial charge is 0.390 e. The topological polar surface area (TPSA) is 36.1 Å². The summed E-state index contributed by atoms with van der Waals surface area (Å²) in [6.45, 7) is 0. The molecule has 0 heterocycles. The van der Waals surface area contributed by atoms with Gasteiger partial charge in [0.2, 0.25) is 0 Å². The van der Waals surface area contributed by atoms with E-state index >= 15 is 0 Å². The average molecular weight is 244 g/mol. The molecule has 0 saturated carbocycles. The first-order chi connectivity index (χ1) is 5.31. The van der Waals surface area contributed by atoms with Crippen LogP contribution in [0.2, 0.25) is 0 Å². The Morgan fingerprint density at radius 2 is 1.83 bits per heavy atom. The number of allylic oxidation sites excluding steroid dienone is 1. The molecule has 1 unspecified atom stereocenters. The Morgan fingerprint density at radius 3 is 2.17 bits per heavy atom. The van der Waals surface area contributed by atoms with Gasteiger partial charge >= 0.3 is 0 Å². The SMILES string of the molecule is CNC1=CC(NC)C(NC)=C1.[Zr]. The quantitative estimate of drug-likeness (QED) is 0.643. The Labute approximate surface area is 92.8 Å². The van der Waals surface area contributed by atoms with E-state index in [1.807, 2.05) is 21.1 Å². The van der Waals surface area contributed by atoms with Gasteiger partial charge in [-0.3, -0.25) is 0 Å². The van der Waals surface area contributed by atoms with E-state index in [1.54, 1.807) is 0 Å². The van der Waals surface area contributed by atoms with Crippen molar-refractivity contribution in [3.05, 3.63) is 23.5 Å². The fourth-order valence-corrected chi connectivity index (χ4v) is 1.20. The normalized spacial score (nSPS) is 20.8. The fraction of sp³-hybridized carbons (Fsp3) is 0.500. The molecule has 12 heavy (non-hydrogen) atoms. The molecule has 0 radical (unpaired) electrons. The molecule has 0 bridgehead atoms. The van der Waals surface area contributed by atoms with Gasteiger partial charge in [-0.25, -0.2) is 0 Å². The maximum Gasteiger partial charge on any atom is 0.0676 e. The van der Waals surface area contributed by atoms with Crippen LogP contribution >= 0.6 is 0 Å². The number of nitrogens with one attached hydrogen (secondary N) is 3. The third-order valence-corrected chi connectivity index (χ3v) is 1.88. The Kier molecular flexibility index (Phi) is 5.51. The molecule has 4 heteroatoms. The van der Waals surface area contributed by atoms with E-state index in [9.17, 15) is 0 Å². The van der Waals surface area contributed by atoms with E-state index < -0.39 is 0 Å². The summed E-state index contributed by atoms with van der Waals surface area (Å²) in [6.07, 6.45) is 4.24. The minimum atomic E-state index is 0. The summed E-state index contributed by atoms with van der Waals surface area (Å²) in [5.41, 5.74) is 2.37. The van der Waals surface area contributed by atoms with Crippen LogP contribution in [0.3, 0.4) is 0 Å². The summed E-state index contributed by atoms with van der Waals surface area (Å²) in [7, 11) is 5.81. The maximum atomic E-state index is 3.18. The molecule has 3 nitrogen and oxygen atoms in total. The zero-order chi connectivity index (χ0) is 8.27. The second-order valence-electron chi connectivity index (χ2n) is 2.49. The van der Waals surface area contributed by atoms with Gasteiger partial charge in [0.05, 0.1) is 6.04 Å². The smallest absolute Gasteiger partial charge is 0.0676 e. The molecule has 0 spiro atoms. The summed E-state index contributed by atoms with van der Waals surface area (Å²) >= 11 is 0. The molecular weight excluding hydrogens is 229 g/mol. The van der Waals surface area contributed by atoms with Crippen LogP contribution in [0.5, 0.6) is 0 Å². The van der Waals surface area contributed by atoms with Crippen LogP contribution in [0.25, 0.3) is 0 Å². The van der Waals surface area contributed by atoms with Gasteiger partial charge in [0, 0.05) is 51.7 Å². The molecule has 1 aliphatic rings. The third kappa shape index (κ3) is 2.46. The molecule has 0 aromatic heterocycles. The predicted molar refractivity (Wildman–Crippen MR) is 47.1 cm³/mol. The van der Waals surface area contributed by atoms with Gasteiger partial charge < -0.3 is 16.0 Å². The molecule has 3 N–H and O–H groups in total. The van der Waals surface area contributed by atoms with E-state index in [2.05, 4.69) is 28.1 Å². The minimum absolute atomic E-state index is 0. The van der Waals surface area contributed by atoms with Crippen LogP contribution in [-0.4, -0.2) is 27.2 Å². The maximum absolute atomic E-state index is 3.18. The Morgan fingerprint density at radius 1 is 1.17 bits per heavy atom. The van der Waals surface area contributed by atoms with Gasteiger partial charge in [0.25, 0.3) is 0 Å². The second kappa shape index (κ2) is 5.55. The van der Waals surface area contributed by atoms with Gasteiger partial charge in [-0.15, -0.1) is 0 Å². The van der Waals surface area contributed by atoms with Crippen molar-refractivity contribution in [2.75, 3.05) is 21.1 Å². The standard InChI is InChI=1S/C8H15N3.Zr/c1-9-6-4-7(10-2)8(5-6)11-3;/h4-5,7,9-11H,1-3H3;. The van der Waals surface area contributed by atoms with Crippen LogP contribution in [0, 0.1) is 0 Å². The molecule has 0 fully saturated rings. The van der Waals surface area contributed by atoms with Crippen LogP contribution < -0.4 is 16.0 Å². The summed E-state index contributed by atoms with van der Waals surface area (Å²) in [4.78, 5) is 0. The van der Waals surface area contributed by atoms with Crippen LogP contribution in [0.15, 0.2) is 23.5 Å². The molecule has 1 rings (SSSR count). The monoisotopic (exact) mass is 243 g/mol. The van der Waals surface area contributed by atoms with Crippen molar-refractivity contribution in [3.8, 4) is 0 Å². The van der Waals surface area contributed by atoms with Crippen molar-refractivity contribution < 1.29 is 26.2 Å². The van der Waals surface area contributed by atoms with Gasteiger partial charge in [0.1, 0.15) is 0 Å². The first-order valence-electron chi connectivity index (χ1n) is 3.78. The molecule has 0 saturated heterocycles. The first kappa shape index (κ1) is 11.9. The molecule has 1 atom stereocenters. The van der Waals surface area contributed by atoms with Gasteiger partial charge in [0.15, 0.2) is 0 Å². The van der Waals surface area contributed by atoms with E-state index in [4.69, 9.17) is 0 Å². The van der Waals surface area contributed by atoms with Crippen LogP contribution in [-0.2, 0) is 26.2 Å².